The molecule has 0 radical (unpaired) electrons. The third-order valence-electron chi connectivity index (χ3n) is 2.78. The van der Waals surface area contributed by atoms with Gasteiger partial charge in [-0.25, -0.2) is 0 Å². The van der Waals surface area contributed by atoms with Crippen molar-refractivity contribution in [1.29, 1.82) is 0 Å². The highest BCUT2D eigenvalue weighted by atomic mass is 32.2. The van der Waals surface area contributed by atoms with E-state index in [4.69, 9.17) is 0 Å². The summed E-state index contributed by atoms with van der Waals surface area (Å²) < 4.78 is 0. The predicted octanol–water partition coefficient (Wildman–Crippen LogP) is 4.21. The van der Waals surface area contributed by atoms with Gasteiger partial charge in [-0.2, -0.15) is 0 Å². The summed E-state index contributed by atoms with van der Waals surface area (Å²) in [5, 5.41) is 0. The Kier molecular flexibility index (Phi) is 5.23. The molecule has 17 heavy (non-hydrogen) atoms. The molecule has 0 heterocycles. The van der Waals surface area contributed by atoms with Crippen molar-refractivity contribution in [1.82, 2.24) is 0 Å². The summed E-state index contributed by atoms with van der Waals surface area (Å²) in [5.74, 6) is 0.138. The first-order valence-corrected chi connectivity index (χ1v) is 6.80. The van der Waals surface area contributed by atoms with Crippen molar-refractivity contribution < 1.29 is 4.79 Å². The van der Waals surface area contributed by atoms with Gasteiger partial charge < -0.3 is 0 Å². The molecule has 0 aromatic rings. The smallest absolute Gasteiger partial charge is 0.168 e. The van der Waals surface area contributed by atoms with Gasteiger partial charge in [-0.3, -0.25) is 4.79 Å². The van der Waals surface area contributed by atoms with Crippen LogP contribution in [0.1, 0.15) is 19.8 Å². The van der Waals surface area contributed by atoms with Gasteiger partial charge in [0.2, 0.25) is 0 Å². The van der Waals surface area contributed by atoms with E-state index < -0.39 is 0 Å². The van der Waals surface area contributed by atoms with Crippen LogP contribution in [0.5, 0.6) is 0 Å². The van der Waals surface area contributed by atoms with Crippen molar-refractivity contribution in [3.8, 4) is 0 Å². The molecule has 0 unspecified atom stereocenters. The predicted molar refractivity (Wildman–Crippen MR) is 77.0 cm³/mol. The average molecular weight is 246 g/mol. The molecule has 0 atom stereocenters. The summed E-state index contributed by atoms with van der Waals surface area (Å²) in [7, 11) is 0. The fourth-order valence-electron chi connectivity index (χ4n) is 1.90. The Morgan fingerprint density at radius 3 is 2.35 bits per heavy atom. The van der Waals surface area contributed by atoms with Gasteiger partial charge in [0.15, 0.2) is 5.78 Å². The third-order valence-corrected chi connectivity index (χ3v) is 3.64. The van der Waals surface area contributed by atoms with Crippen LogP contribution in [0.15, 0.2) is 59.1 Å². The molecule has 0 bridgehead atoms. The lowest BCUT2D eigenvalue weighted by Crippen LogP contribution is -2.01. The van der Waals surface area contributed by atoms with E-state index in [0.29, 0.717) is 6.42 Å². The Bertz CT molecular complexity index is 436. The first-order chi connectivity index (χ1) is 8.17. The fourth-order valence-corrected chi connectivity index (χ4v) is 2.62. The van der Waals surface area contributed by atoms with Crippen molar-refractivity contribution in [2.75, 3.05) is 6.26 Å². The summed E-state index contributed by atoms with van der Waals surface area (Å²) in [4.78, 5) is 13.2. The summed E-state index contributed by atoms with van der Waals surface area (Å²) in [6.45, 7) is 9.53. The first kappa shape index (κ1) is 13.8. The van der Waals surface area contributed by atoms with Crippen molar-refractivity contribution in [3.05, 3.63) is 59.1 Å². The van der Waals surface area contributed by atoms with E-state index in [0.717, 1.165) is 22.5 Å². The zero-order chi connectivity index (χ0) is 12.8. The van der Waals surface area contributed by atoms with Crippen LogP contribution in [0.2, 0.25) is 0 Å². The van der Waals surface area contributed by atoms with E-state index in [2.05, 4.69) is 19.2 Å². The second-order valence-corrected chi connectivity index (χ2v) is 4.68. The Hall–Kier alpha value is -1.28. The molecule has 90 valence electrons. The third kappa shape index (κ3) is 3.10. The minimum atomic E-state index is 0.138. The van der Waals surface area contributed by atoms with Crippen molar-refractivity contribution >= 4 is 17.5 Å². The molecule has 2 heteroatoms. The molecule has 0 saturated carbocycles. The molecule has 1 aliphatic rings. The van der Waals surface area contributed by atoms with Crippen LogP contribution in [0.3, 0.4) is 0 Å². The number of carbonyl (C=O) groups is 1. The van der Waals surface area contributed by atoms with Crippen LogP contribution in [0, 0.1) is 0 Å². The van der Waals surface area contributed by atoms with Crippen LogP contribution in [0.4, 0.5) is 0 Å². The molecule has 0 aromatic carbocycles. The molecule has 0 N–H and O–H groups in total. The van der Waals surface area contributed by atoms with E-state index in [1.54, 1.807) is 23.9 Å². The largest absolute Gasteiger partial charge is 0.294 e. The van der Waals surface area contributed by atoms with Crippen LogP contribution in [-0.4, -0.2) is 12.0 Å². The molecular formula is C15H18OS. The van der Waals surface area contributed by atoms with E-state index in [1.807, 2.05) is 19.3 Å². The monoisotopic (exact) mass is 246 g/mol. The Morgan fingerprint density at radius 2 is 1.88 bits per heavy atom. The standard InChI is InChI=1S/C15H18OS/c1-5-8-12-10-15(17-4)13(7-3)14(16)9-11(12)6-2/h5-8H,2-3,9-10H2,1,4H3/b8-5-. The summed E-state index contributed by atoms with van der Waals surface area (Å²) in [6.07, 6.45) is 10.7. The lowest BCUT2D eigenvalue weighted by Gasteiger charge is -2.06. The highest BCUT2D eigenvalue weighted by molar-refractivity contribution is 8.02. The number of rotatable bonds is 4. The van der Waals surface area contributed by atoms with Crippen LogP contribution in [-0.2, 0) is 4.79 Å². The van der Waals surface area contributed by atoms with Gasteiger partial charge >= 0.3 is 0 Å². The van der Waals surface area contributed by atoms with Crippen LogP contribution >= 0.6 is 11.8 Å². The zero-order valence-corrected chi connectivity index (χ0v) is 11.3. The van der Waals surface area contributed by atoms with Crippen LogP contribution < -0.4 is 0 Å². The minimum Gasteiger partial charge on any atom is -0.294 e. The van der Waals surface area contributed by atoms with E-state index in [9.17, 15) is 4.79 Å². The summed E-state index contributed by atoms with van der Waals surface area (Å²) >= 11 is 1.62. The molecule has 1 nitrogen and oxygen atoms in total. The van der Waals surface area contributed by atoms with Crippen molar-refractivity contribution in [2.45, 2.75) is 19.8 Å². The zero-order valence-electron chi connectivity index (χ0n) is 10.5. The average Bonchev–Trinajstić information content (AvgIpc) is 2.46. The summed E-state index contributed by atoms with van der Waals surface area (Å²) in [5.41, 5.74) is 2.96. The highest BCUT2D eigenvalue weighted by Gasteiger charge is 2.19. The van der Waals surface area contributed by atoms with E-state index >= 15 is 0 Å². The molecule has 0 aromatic heterocycles. The van der Waals surface area contributed by atoms with Gasteiger partial charge in [-0.05, 0) is 29.2 Å². The molecule has 0 aliphatic heterocycles. The molecule has 0 spiro atoms. The fraction of sp³-hybridized carbons (Fsp3) is 0.267. The number of hydrogen-bond acceptors (Lipinski definition) is 2. The summed E-state index contributed by atoms with van der Waals surface area (Å²) in [6, 6.07) is 0. The van der Waals surface area contributed by atoms with Gasteiger partial charge in [0.05, 0.1) is 0 Å². The normalized spacial score (nSPS) is 17.6. The lowest BCUT2D eigenvalue weighted by molar-refractivity contribution is -0.114. The Labute approximate surface area is 108 Å². The second-order valence-electron chi connectivity index (χ2n) is 3.78. The number of hydrogen-bond donors (Lipinski definition) is 0. The Balaban J connectivity index is 3.29. The number of ketones is 1. The number of thioether (sulfide) groups is 1. The quantitative estimate of drug-likeness (QED) is 0.739. The van der Waals surface area contributed by atoms with Gasteiger partial charge in [0.1, 0.15) is 0 Å². The van der Waals surface area contributed by atoms with Gasteiger partial charge in [-0.1, -0.05) is 37.5 Å². The first-order valence-electron chi connectivity index (χ1n) is 5.57. The number of carbonyl (C=O) groups excluding carboxylic acids is 1. The van der Waals surface area contributed by atoms with E-state index in [1.165, 1.54) is 5.57 Å². The van der Waals surface area contributed by atoms with Gasteiger partial charge in [-0.15, -0.1) is 11.8 Å². The Morgan fingerprint density at radius 1 is 1.18 bits per heavy atom. The number of allylic oxidation sites excluding steroid dienone is 8. The maximum Gasteiger partial charge on any atom is 0.168 e. The molecule has 0 fully saturated rings. The molecular weight excluding hydrogens is 228 g/mol. The lowest BCUT2D eigenvalue weighted by atomic mass is 10.0. The van der Waals surface area contributed by atoms with Crippen LogP contribution in [0.25, 0.3) is 0 Å². The van der Waals surface area contributed by atoms with Gasteiger partial charge in [0.25, 0.3) is 0 Å². The van der Waals surface area contributed by atoms with Gasteiger partial charge in [0, 0.05) is 18.4 Å². The second kappa shape index (κ2) is 6.45. The molecule has 0 saturated heterocycles. The molecule has 1 aliphatic carbocycles. The molecule has 1 rings (SSSR count). The topological polar surface area (TPSA) is 17.1 Å². The highest BCUT2D eigenvalue weighted by Crippen LogP contribution is 2.33. The molecule has 0 amide bonds. The SMILES string of the molecule is C=CC1=C(/C=C\C)CC(SC)=C(C=C)C(=O)C1. The minimum absolute atomic E-state index is 0.138. The maximum atomic E-state index is 12.1. The van der Waals surface area contributed by atoms with E-state index in [-0.39, 0.29) is 5.78 Å². The maximum absolute atomic E-state index is 12.1. The van der Waals surface area contributed by atoms with Crippen molar-refractivity contribution in [2.24, 2.45) is 0 Å². The number of Topliss-reactive ketones (excluding diaryl/α,β-unsaturated/α-hetero) is 1. The van der Waals surface area contributed by atoms with Crippen molar-refractivity contribution in [3.63, 3.8) is 0 Å².